The summed E-state index contributed by atoms with van der Waals surface area (Å²) in [5.74, 6) is 2.07. The second kappa shape index (κ2) is 11.1. The molecule has 190 valence electrons. The zero-order valence-corrected chi connectivity index (χ0v) is 22.1. The van der Waals surface area contributed by atoms with Gasteiger partial charge in [-0.15, -0.1) is 11.6 Å². The molecule has 2 fully saturated rings. The largest absolute Gasteiger partial charge is 0.494 e. The zero-order chi connectivity index (χ0) is 25.1. The highest BCUT2D eigenvalue weighted by molar-refractivity contribution is 7.52. The minimum atomic E-state index is -1.75. The molecule has 5 rings (SSSR count). The molecular formula is C26H32ClN6O2P. The second-order valence-electron chi connectivity index (χ2n) is 9.40. The molecule has 2 aromatic carbocycles. The fourth-order valence-corrected chi connectivity index (χ4v) is 5.40. The van der Waals surface area contributed by atoms with Gasteiger partial charge in [0, 0.05) is 50.7 Å². The summed E-state index contributed by atoms with van der Waals surface area (Å²) < 4.78 is 17.7. The van der Waals surface area contributed by atoms with E-state index in [1.165, 1.54) is 19.4 Å². The average molecular weight is 527 g/mol. The first-order chi connectivity index (χ1) is 17.5. The number of aliphatic imine (C=N–C) groups is 2. The molecule has 0 aromatic heterocycles. The number of alkyl halides is 1. The Morgan fingerprint density at radius 2 is 1.92 bits per heavy atom. The number of guanidine groups is 1. The van der Waals surface area contributed by atoms with Crippen molar-refractivity contribution < 1.29 is 9.30 Å². The number of halogens is 1. The summed E-state index contributed by atoms with van der Waals surface area (Å²) in [7, 11) is -0.0878. The molecule has 8 nitrogen and oxygen atoms in total. The van der Waals surface area contributed by atoms with Crippen LogP contribution in [0, 0.1) is 5.92 Å². The maximum atomic E-state index is 12.0. The van der Waals surface area contributed by atoms with E-state index in [1.54, 1.807) is 19.4 Å². The number of hydrogen-bond donors (Lipinski definition) is 2. The first kappa shape index (κ1) is 24.9. The summed E-state index contributed by atoms with van der Waals surface area (Å²) in [5, 5.41) is 6.72. The first-order valence-corrected chi connectivity index (χ1v) is 14.2. The predicted molar refractivity (Wildman–Crippen MR) is 152 cm³/mol. The highest BCUT2D eigenvalue weighted by Gasteiger charge is 2.27. The SMILES string of the molecule is C=P(=O)c1ccccc1NC1N=C(Nc2ccc(N3CCN(CC4CC4)CC3)cc2OC)N=CC1Cl. The molecule has 2 aliphatic heterocycles. The van der Waals surface area contributed by atoms with Crippen LogP contribution in [0.25, 0.3) is 0 Å². The molecule has 3 unspecified atom stereocenters. The predicted octanol–water partition coefficient (Wildman–Crippen LogP) is 4.01. The van der Waals surface area contributed by atoms with Crippen LogP contribution in [0.1, 0.15) is 12.8 Å². The Bertz CT molecular complexity index is 1210. The minimum Gasteiger partial charge on any atom is -0.494 e. The molecule has 2 heterocycles. The lowest BCUT2D eigenvalue weighted by Gasteiger charge is -2.36. The Labute approximate surface area is 217 Å². The molecule has 36 heavy (non-hydrogen) atoms. The normalized spacial score (nSPS) is 22.7. The maximum Gasteiger partial charge on any atom is 0.224 e. The standard InChI is InChI=1S/C26H32ClN6O2P/c1-35-23-15-19(33-13-11-32(12-14-33)17-18-7-8-18)9-10-21(23)30-26-28-16-20(27)25(31-26)29-22-5-3-4-6-24(22)36(2)34/h3-6,9-10,15-16,18,20,25,29H,2,7-8,11-14,17H2,1H3,(H,30,31). The smallest absolute Gasteiger partial charge is 0.224 e. The third-order valence-electron chi connectivity index (χ3n) is 6.76. The monoisotopic (exact) mass is 526 g/mol. The Kier molecular flexibility index (Phi) is 7.65. The molecule has 3 aliphatic rings. The summed E-state index contributed by atoms with van der Waals surface area (Å²) in [6, 6.07) is 13.5. The van der Waals surface area contributed by atoms with Crippen molar-refractivity contribution in [1.29, 1.82) is 0 Å². The van der Waals surface area contributed by atoms with Gasteiger partial charge < -0.3 is 20.3 Å². The summed E-state index contributed by atoms with van der Waals surface area (Å²) in [5.41, 5.74) is 2.62. The molecule has 1 saturated heterocycles. The molecule has 1 aliphatic carbocycles. The van der Waals surface area contributed by atoms with Gasteiger partial charge in [0.25, 0.3) is 0 Å². The molecule has 0 amide bonds. The van der Waals surface area contributed by atoms with Gasteiger partial charge in [0.1, 0.15) is 24.7 Å². The third kappa shape index (κ3) is 5.94. The van der Waals surface area contributed by atoms with Crippen LogP contribution in [-0.4, -0.2) is 74.7 Å². The van der Waals surface area contributed by atoms with Crippen molar-refractivity contribution in [2.75, 3.05) is 55.4 Å². The number of piperazine rings is 1. The van der Waals surface area contributed by atoms with Gasteiger partial charge in [0.05, 0.1) is 23.8 Å². The molecule has 2 N–H and O–H groups in total. The summed E-state index contributed by atoms with van der Waals surface area (Å²) in [6.45, 7) is 5.49. The average Bonchev–Trinajstić information content (AvgIpc) is 3.71. The molecule has 0 bridgehead atoms. The van der Waals surface area contributed by atoms with Crippen LogP contribution in [0.4, 0.5) is 17.1 Å². The van der Waals surface area contributed by atoms with Crippen molar-refractivity contribution in [3.63, 3.8) is 0 Å². The summed E-state index contributed by atoms with van der Waals surface area (Å²) in [4.78, 5) is 14.0. The van der Waals surface area contributed by atoms with E-state index >= 15 is 0 Å². The van der Waals surface area contributed by atoms with Crippen molar-refractivity contribution in [2.45, 2.75) is 24.4 Å². The lowest BCUT2D eigenvalue weighted by Crippen LogP contribution is -2.47. The van der Waals surface area contributed by atoms with Crippen LogP contribution in [0.3, 0.4) is 0 Å². The molecule has 0 radical (unpaired) electrons. The summed E-state index contributed by atoms with van der Waals surface area (Å²) in [6.07, 6.45) is 7.62. The third-order valence-corrected chi connectivity index (χ3v) is 8.04. The number of methoxy groups -OCH3 is 1. The van der Waals surface area contributed by atoms with Crippen LogP contribution in [-0.2, 0) is 4.57 Å². The van der Waals surface area contributed by atoms with E-state index in [0.29, 0.717) is 17.0 Å². The van der Waals surface area contributed by atoms with Gasteiger partial charge in [-0.2, -0.15) is 0 Å². The van der Waals surface area contributed by atoms with Crippen molar-refractivity contribution >= 4 is 59.9 Å². The topological polar surface area (TPSA) is 81.6 Å². The van der Waals surface area contributed by atoms with Crippen molar-refractivity contribution in [3.8, 4) is 5.75 Å². The Hall–Kier alpha value is -2.80. The van der Waals surface area contributed by atoms with Gasteiger partial charge >= 0.3 is 0 Å². The number of para-hydroxylation sites is 1. The van der Waals surface area contributed by atoms with Crippen molar-refractivity contribution in [1.82, 2.24) is 4.90 Å². The summed E-state index contributed by atoms with van der Waals surface area (Å²) >= 11 is 6.47. The Morgan fingerprint density at radius 1 is 1.14 bits per heavy atom. The van der Waals surface area contributed by atoms with Gasteiger partial charge in [0.15, 0.2) is 0 Å². The number of nitrogens with one attached hydrogen (secondary N) is 2. The number of nitrogens with zero attached hydrogens (tertiary/aromatic N) is 4. The van der Waals surface area contributed by atoms with Gasteiger partial charge in [0.2, 0.25) is 5.96 Å². The lowest BCUT2D eigenvalue weighted by molar-refractivity contribution is 0.248. The number of rotatable bonds is 8. The molecular weight excluding hydrogens is 495 g/mol. The quantitative estimate of drug-likeness (QED) is 0.399. The second-order valence-corrected chi connectivity index (χ2v) is 11.1. The fraction of sp³-hybridized carbons (Fsp3) is 0.423. The number of hydrogen-bond acceptors (Lipinski definition) is 8. The first-order valence-electron chi connectivity index (χ1n) is 12.3. The highest BCUT2D eigenvalue weighted by atomic mass is 35.5. The molecule has 1 saturated carbocycles. The van der Waals surface area contributed by atoms with Crippen LogP contribution >= 0.6 is 19.0 Å². The fourth-order valence-electron chi connectivity index (χ4n) is 4.56. The van der Waals surface area contributed by atoms with Crippen molar-refractivity contribution in [3.05, 3.63) is 42.5 Å². The molecule has 0 spiro atoms. The van der Waals surface area contributed by atoms with E-state index in [1.807, 2.05) is 24.3 Å². The van der Waals surface area contributed by atoms with E-state index < -0.39 is 19.0 Å². The van der Waals surface area contributed by atoms with E-state index in [9.17, 15) is 4.57 Å². The van der Waals surface area contributed by atoms with Crippen LogP contribution in [0.5, 0.6) is 5.75 Å². The Morgan fingerprint density at radius 3 is 2.64 bits per heavy atom. The highest BCUT2D eigenvalue weighted by Crippen LogP contribution is 2.32. The molecule has 3 atom stereocenters. The van der Waals surface area contributed by atoms with E-state index in [2.05, 4.69) is 48.9 Å². The van der Waals surface area contributed by atoms with Crippen LogP contribution in [0.15, 0.2) is 52.4 Å². The lowest BCUT2D eigenvalue weighted by atomic mass is 10.2. The zero-order valence-electron chi connectivity index (χ0n) is 20.4. The van der Waals surface area contributed by atoms with Crippen LogP contribution < -0.4 is 25.6 Å². The van der Waals surface area contributed by atoms with E-state index in [-0.39, 0.29) is 0 Å². The number of anilines is 3. The number of ether oxygens (including phenoxy) is 1. The Balaban J connectivity index is 1.27. The van der Waals surface area contributed by atoms with E-state index in [4.69, 9.17) is 16.3 Å². The molecule has 2 aromatic rings. The van der Waals surface area contributed by atoms with Crippen molar-refractivity contribution in [2.24, 2.45) is 15.9 Å². The van der Waals surface area contributed by atoms with Gasteiger partial charge in [-0.25, -0.2) is 9.98 Å². The van der Waals surface area contributed by atoms with Gasteiger partial charge in [-0.05, 0) is 49.3 Å². The number of benzene rings is 2. The van der Waals surface area contributed by atoms with Gasteiger partial charge in [-0.1, -0.05) is 12.1 Å². The molecule has 10 heteroatoms. The van der Waals surface area contributed by atoms with Crippen LogP contribution in [0.2, 0.25) is 0 Å². The van der Waals surface area contributed by atoms with Gasteiger partial charge in [-0.3, -0.25) is 9.46 Å². The maximum absolute atomic E-state index is 12.0. The van der Waals surface area contributed by atoms with E-state index in [0.717, 1.165) is 49.2 Å². The minimum absolute atomic E-state index is 0.417.